The smallest absolute Gasteiger partial charge is 0.253 e. The molecule has 2 aromatic rings. The maximum atomic E-state index is 12.2. The lowest BCUT2D eigenvalue weighted by atomic mass is 9.93. The number of aliphatic hydroxyl groups excluding tert-OH is 5. The van der Waals surface area contributed by atoms with Crippen LogP contribution in [-0.2, 0) is 4.74 Å². The molecular formula is C23H25NO7. The lowest BCUT2D eigenvalue weighted by Crippen LogP contribution is -2.31. The fraction of sp³-hybridized carbons (Fsp3) is 0.261. The molecule has 1 aliphatic heterocycles. The molecule has 8 heteroatoms. The van der Waals surface area contributed by atoms with Gasteiger partial charge in [-0.2, -0.15) is 0 Å². The molecule has 0 radical (unpaired) electrons. The highest BCUT2D eigenvalue weighted by molar-refractivity contribution is 5.95. The van der Waals surface area contributed by atoms with E-state index in [1.807, 2.05) is 12.1 Å². The van der Waals surface area contributed by atoms with Crippen LogP contribution in [0.3, 0.4) is 0 Å². The Kier molecular flexibility index (Phi) is 6.24. The molecule has 0 bridgehead atoms. The molecule has 2 aromatic carbocycles. The predicted octanol–water partition coefficient (Wildman–Crippen LogP) is 2.89. The molecular weight excluding hydrogens is 402 g/mol. The molecule has 0 unspecified atom stereocenters. The minimum Gasteiger partial charge on any atom is -0.505 e. The molecule has 0 saturated carbocycles. The van der Waals surface area contributed by atoms with E-state index < -0.39 is 36.1 Å². The molecule has 8 nitrogen and oxygen atoms in total. The molecule has 0 fully saturated rings. The summed E-state index contributed by atoms with van der Waals surface area (Å²) in [5.74, 6) is -2.83. The normalized spacial score (nSPS) is 17.4. The van der Waals surface area contributed by atoms with Gasteiger partial charge in [-0.15, -0.1) is 0 Å². The number of hydrogen-bond acceptors (Lipinski definition) is 7. The first-order valence-electron chi connectivity index (χ1n) is 9.58. The van der Waals surface area contributed by atoms with Crippen LogP contribution in [0.4, 0.5) is 0 Å². The number of carbonyl (C=O) groups excluding carboxylic acids is 1. The van der Waals surface area contributed by atoms with Gasteiger partial charge < -0.3 is 35.2 Å². The molecule has 2 atom stereocenters. The van der Waals surface area contributed by atoms with Crippen LogP contribution in [0.2, 0.25) is 0 Å². The number of rotatable bonds is 5. The molecule has 31 heavy (non-hydrogen) atoms. The van der Waals surface area contributed by atoms with Crippen LogP contribution in [0.5, 0.6) is 0 Å². The number of amides is 1. The third-order valence-corrected chi connectivity index (χ3v) is 5.14. The van der Waals surface area contributed by atoms with E-state index in [4.69, 9.17) is 4.74 Å². The number of carbonyl (C=O) groups is 1. The summed E-state index contributed by atoms with van der Waals surface area (Å²) < 4.78 is 5.30. The zero-order valence-corrected chi connectivity index (χ0v) is 17.4. The molecule has 0 aromatic heterocycles. The quantitative estimate of drug-likeness (QED) is 0.496. The van der Waals surface area contributed by atoms with Crippen molar-refractivity contribution in [2.45, 2.75) is 19.1 Å². The first kappa shape index (κ1) is 22.2. The Morgan fingerprint density at radius 2 is 1.74 bits per heavy atom. The zero-order valence-electron chi connectivity index (χ0n) is 17.4. The van der Waals surface area contributed by atoms with Crippen molar-refractivity contribution in [2.24, 2.45) is 0 Å². The standard InChI is InChI=1S/C23H25NO7/c1-12-9-14(13-5-4-6-15(10-13)23(30)24(2)3)7-8-16(12)18(26)22-21(29)20(28)19(27)17(11-25)31-22/h4-10,18,22,25-29H,11H2,1-3H3/t18-,22-/m1/s1. The second-order valence-corrected chi connectivity index (χ2v) is 7.50. The van der Waals surface area contributed by atoms with Crippen molar-refractivity contribution in [3.8, 4) is 11.1 Å². The lowest BCUT2D eigenvalue weighted by molar-refractivity contribution is -0.0310. The topological polar surface area (TPSA) is 131 Å². The SMILES string of the molecule is Cc1cc(-c2cccc(C(=O)N(C)C)c2)ccc1[C@@H](O)[C@H]1OC(CO)=C(O)C(O)=C1O. The van der Waals surface area contributed by atoms with E-state index in [9.17, 15) is 30.3 Å². The van der Waals surface area contributed by atoms with Crippen molar-refractivity contribution in [3.63, 3.8) is 0 Å². The summed E-state index contributed by atoms with van der Waals surface area (Å²) in [4.78, 5) is 13.7. The van der Waals surface area contributed by atoms with E-state index in [1.54, 1.807) is 51.4 Å². The Bertz CT molecular complexity index is 1070. The van der Waals surface area contributed by atoms with Gasteiger partial charge in [-0.05, 0) is 41.3 Å². The van der Waals surface area contributed by atoms with E-state index >= 15 is 0 Å². The summed E-state index contributed by atoms with van der Waals surface area (Å²) in [6, 6.07) is 12.4. The molecule has 0 saturated heterocycles. The third-order valence-electron chi connectivity index (χ3n) is 5.14. The van der Waals surface area contributed by atoms with Gasteiger partial charge in [0.15, 0.2) is 17.6 Å². The Balaban J connectivity index is 1.92. The van der Waals surface area contributed by atoms with Crippen LogP contribution in [0.15, 0.2) is 65.5 Å². The van der Waals surface area contributed by atoms with Gasteiger partial charge in [0.1, 0.15) is 12.7 Å². The fourth-order valence-corrected chi connectivity index (χ4v) is 3.42. The maximum Gasteiger partial charge on any atom is 0.253 e. The number of ether oxygens (including phenoxy) is 1. The third kappa shape index (κ3) is 4.21. The average Bonchev–Trinajstić information content (AvgIpc) is 2.76. The van der Waals surface area contributed by atoms with Crippen molar-refractivity contribution in [3.05, 3.63) is 82.2 Å². The minimum absolute atomic E-state index is 0.113. The van der Waals surface area contributed by atoms with E-state index in [0.29, 0.717) is 16.7 Å². The molecule has 164 valence electrons. The number of aryl methyl sites for hydroxylation is 1. The summed E-state index contributed by atoms with van der Waals surface area (Å²) in [6.07, 6.45) is -2.78. The van der Waals surface area contributed by atoms with E-state index in [0.717, 1.165) is 11.1 Å². The fourth-order valence-electron chi connectivity index (χ4n) is 3.42. The Labute approximate surface area is 179 Å². The van der Waals surface area contributed by atoms with Crippen molar-refractivity contribution in [1.29, 1.82) is 0 Å². The number of aliphatic hydroxyl groups is 5. The highest BCUT2D eigenvalue weighted by Gasteiger charge is 2.36. The van der Waals surface area contributed by atoms with E-state index in [2.05, 4.69) is 0 Å². The molecule has 3 rings (SSSR count). The molecule has 0 spiro atoms. The van der Waals surface area contributed by atoms with Gasteiger partial charge in [-0.1, -0.05) is 30.3 Å². The lowest BCUT2D eigenvalue weighted by Gasteiger charge is -2.29. The number of nitrogens with zero attached hydrogens (tertiary/aromatic N) is 1. The van der Waals surface area contributed by atoms with Gasteiger partial charge >= 0.3 is 0 Å². The molecule has 1 heterocycles. The molecule has 5 N–H and O–H groups in total. The second-order valence-electron chi connectivity index (χ2n) is 7.50. The first-order valence-corrected chi connectivity index (χ1v) is 9.58. The van der Waals surface area contributed by atoms with Crippen molar-refractivity contribution >= 4 is 5.91 Å². The van der Waals surface area contributed by atoms with Gasteiger partial charge in [0.2, 0.25) is 11.5 Å². The molecule has 1 amide bonds. The summed E-state index contributed by atoms with van der Waals surface area (Å²) in [6.45, 7) is 1.05. The second kappa shape index (κ2) is 8.71. The summed E-state index contributed by atoms with van der Waals surface area (Å²) in [5, 5.41) is 49.8. The summed E-state index contributed by atoms with van der Waals surface area (Å²) in [7, 11) is 3.36. The van der Waals surface area contributed by atoms with Crippen molar-refractivity contribution in [2.75, 3.05) is 20.7 Å². The van der Waals surface area contributed by atoms with Crippen LogP contribution >= 0.6 is 0 Å². The van der Waals surface area contributed by atoms with Crippen molar-refractivity contribution in [1.82, 2.24) is 4.90 Å². The van der Waals surface area contributed by atoms with Crippen LogP contribution in [-0.4, -0.2) is 63.1 Å². The number of hydrogen-bond donors (Lipinski definition) is 5. The molecule has 1 aliphatic rings. The molecule has 0 aliphatic carbocycles. The average molecular weight is 427 g/mol. The number of benzene rings is 2. The van der Waals surface area contributed by atoms with Crippen LogP contribution in [0.1, 0.15) is 27.6 Å². The van der Waals surface area contributed by atoms with E-state index in [1.165, 1.54) is 4.90 Å². The monoisotopic (exact) mass is 427 g/mol. The van der Waals surface area contributed by atoms with Gasteiger partial charge in [0.25, 0.3) is 5.91 Å². The van der Waals surface area contributed by atoms with Gasteiger partial charge in [-0.25, -0.2) is 0 Å². The van der Waals surface area contributed by atoms with Gasteiger partial charge in [-0.3, -0.25) is 4.79 Å². The first-order chi connectivity index (χ1) is 14.6. The van der Waals surface area contributed by atoms with E-state index in [-0.39, 0.29) is 11.7 Å². The predicted molar refractivity (Wildman–Crippen MR) is 113 cm³/mol. The summed E-state index contributed by atoms with van der Waals surface area (Å²) >= 11 is 0. The Hall–Kier alpha value is -3.49. The Morgan fingerprint density at radius 1 is 1.06 bits per heavy atom. The van der Waals surface area contributed by atoms with Crippen LogP contribution in [0.25, 0.3) is 11.1 Å². The summed E-state index contributed by atoms with van der Waals surface area (Å²) in [5.41, 5.74) is 3.29. The Morgan fingerprint density at radius 3 is 2.35 bits per heavy atom. The highest BCUT2D eigenvalue weighted by Crippen LogP contribution is 2.35. The highest BCUT2D eigenvalue weighted by atomic mass is 16.5. The van der Waals surface area contributed by atoms with Crippen LogP contribution in [0, 0.1) is 6.92 Å². The maximum absolute atomic E-state index is 12.2. The largest absolute Gasteiger partial charge is 0.505 e. The van der Waals surface area contributed by atoms with Gasteiger partial charge in [0, 0.05) is 19.7 Å². The van der Waals surface area contributed by atoms with Crippen LogP contribution < -0.4 is 0 Å². The zero-order chi connectivity index (χ0) is 22.9. The van der Waals surface area contributed by atoms with Gasteiger partial charge in [0.05, 0.1) is 0 Å². The minimum atomic E-state index is -1.40. The van der Waals surface area contributed by atoms with Crippen molar-refractivity contribution < 1.29 is 35.1 Å².